The van der Waals surface area contributed by atoms with Crippen molar-refractivity contribution in [2.24, 2.45) is 0 Å². The van der Waals surface area contributed by atoms with Crippen LogP contribution < -0.4 is 10.6 Å². The predicted molar refractivity (Wildman–Crippen MR) is 70.6 cm³/mol. The second-order valence-electron chi connectivity index (χ2n) is 4.33. The molecule has 0 spiro atoms. The van der Waals surface area contributed by atoms with Crippen molar-refractivity contribution >= 4 is 12.0 Å². The van der Waals surface area contributed by atoms with Gasteiger partial charge in [-0.1, -0.05) is 0 Å². The number of hydrogen-bond acceptors (Lipinski definition) is 4. The number of ether oxygens (including phenoxy) is 1. The normalized spacial score (nSPS) is 11.6. The summed E-state index contributed by atoms with van der Waals surface area (Å²) >= 11 is 0. The predicted octanol–water partition coefficient (Wildman–Crippen LogP) is 1.06. The molecule has 6 nitrogen and oxygen atoms in total. The first-order valence-electron chi connectivity index (χ1n) is 5.98. The molecular weight excluding hydrogens is 246 g/mol. The molecule has 0 saturated carbocycles. The lowest BCUT2D eigenvalue weighted by Gasteiger charge is -2.14. The number of alkyl carbamates (subject to hydrolysis) is 1. The second kappa shape index (κ2) is 6.72. The van der Waals surface area contributed by atoms with Crippen molar-refractivity contribution < 1.29 is 14.3 Å². The Morgan fingerprint density at radius 2 is 2.11 bits per heavy atom. The van der Waals surface area contributed by atoms with E-state index < -0.39 is 12.1 Å². The Morgan fingerprint density at radius 1 is 1.42 bits per heavy atom. The van der Waals surface area contributed by atoms with Crippen molar-refractivity contribution in [3.63, 3.8) is 0 Å². The molecule has 0 saturated heterocycles. The minimum absolute atomic E-state index is 0.273. The summed E-state index contributed by atoms with van der Waals surface area (Å²) < 4.78 is 4.43. The molecule has 104 valence electrons. The molecule has 0 bridgehead atoms. The van der Waals surface area contributed by atoms with Gasteiger partial charge in [0, 0.05) is 18.4 Å². The van der Waals surface area contributed by atoms with E-state index in [1.807, 2.05) is 19.9 Å². The number of aromatic nitrogens is 1. The van der Waals surface area contributed by atoms with Gasteiger partial charge < -0.3 is 15.4 Å². The van der Waals surface area contributed by atoms with E-state index in [1.54, 1.807) is 13.1 Å². The highest BCUT2D eigenvalue weighted by atomic mass is 16.5. The smallest absolute Gasteiger partial charge is 0.407 e. The third-order valence-corrected chi connectivity index (χ3v) is 2.72. The number of nitrogens with one attached hydrogen (secondary N) is 2. The van der Waals surface area contributed by atoms with Gasteiger partial charge in [-0.25, -0.2) is 4.79 Å². The van der Waals surface area contributed by atoms with Crippen molar-refractivity contribution in [1.82, 2.24) is 15.6 Å². The summed E-state index contributed by atoms with van der Waals surface area (Å²) in [5.41, 5.74) is 2.96. The zero-order valence-corrected chi connectivity index (χ0v) is 11.6. The zero-order valence-electron chi connectivity index (χ0n) is 11.6. The maximum absolute atomic E-state index is 11.7. The molecule has 0 radical (unpaired) electrons. The van der Waals surface area contributed by atoms with Crippen molar-refractivity contribution in [3.8, 4) is 0 Å². The highest BCUT2D eigenvalue weighted by Crippen LogP contribution is 2.07. The van der Waals surface area contributed by atoms with Gasteiger partial charge in [-0.2, -0.15) is 0 Å². The Morgan fingerprint density at radius 3 is 2.68 bits per heavy atom. The average Bonchev–Trinajstić information content (AvgIpc) is 2.37. The molecule has 0 unspecified atom stereocenters. The van der Waals surface area contributed by atoms with Crippen LogP contribution in [0.25, 0.3) is 0 Å². The molecule has 0 fully saturated rings. The molecule has 0 aliphatic carbocycles. The first-order valence-corrected chi connectivity index (χ1v) is 5.98. The maximum Gasteiger partial charge on any atom is 0.407 e. The van der Waals surface area contributed by atoms with Crippen LogP contribution in [0.4, 0.5) is 4.79 Å². The van der Waals surface area contributed by atoms with Crippen LogP contribution in [-0.4, -0.2) is 30.1 Å². The van der Waals surface area contributed by atoms with Crippen LogP contribution in [0.1, 0.15) is 23.7 Å². The molecule has 6 heteroatoms. The van der Waals surface area contributed by atoms with Crippen molar-refractivity contribution in [3.05, 3.63) is 29.1 Å². The summed E-state index contributed by atoms with van der Waals surface area (Å²) in [6.07, 6.45) is 1.11. The van der Waals surface area contributed by atoms with Gasteiger partial charge in [-0.15, -0.1) is 0 Å². The topological polar surface area (TPSA) is 80.3 Å². The lowest BCUT2D eigenvalue weighted by atomic mass is 10.1. The van der Waals surface area contributed by atoms with Crippen LogP contribution in [0.3, 0.4) is 0 Å². The van der Waals surface area contributed by atoms with E-state index in [2.05, 4.69) is 20.4 Å². The minimum Gasteiger partial charge on any atom is -0.453 e. The van der Waals surface area contributed by atoms with Crippen LogP contribution in [0, 0.1) is 13.8 Å². The molecular formula is C13H19N3O3. The van der Waals surface area contributed by atoms with E-state index in [4.69, 9.17) is 0 Å². The number of hydrogen-bond donors (Lipinski definition) is 2. The van der Waals surface area contributed by atoms with Crippen molar-refractivity contribution in [2.75, 3.05) is 7.11 Å². The monoisotopic (exact) mass is 265 g/mol. The fraction of sp³-hybridized carbons (Fsp3) is 0.462. The number of rotatable bonds is 4. The quantitative estimate of drug-likeness (QED) is 0.853. The Labute approximate surface area is 112 Å². The molecule has 1 atom stereocenters. The fourth-order valence-corrected chi connectivity index (χ4v) is 1.55. The van der Waals surface area contributed by atoms with E-state index >= 15 is 0 Å². The van der Waals surface area contributed by atoms with E-state index in [-0.39, 0.29) is 5.91 Å². The first kappa shape index (κ1) is 14.9. The van der Waals surface area contributed by atoms with Gasteiger partial charge >= 0.3 is 6.09 Å². The van der Waals surface area contributed by atoms with Crippen molar-refractivity contribution in [1.29, 1.82) is 0 Å². The van der Waals surface area contributed by atoms with Gasteiger partial charge in [0.15, 0.2) is 0 Å². The van der Waals surface area contributed by atoms with Crippen LogP contribution in [0.2, 0.25) is 0 Å². The van der Waals surface area contributed by atoms with Gasteiger partial charge in [-0.3, -0.25) is 9.78 Å². The number of aryl methyl sites for hydroxylation is 2. The fourth-order valence-electron chi connectivity index (χ4n) is 1.55. The Bertz CT molecular complexity index is 474. The number of carbonyl (C=O) groups is 2. The highest BCUT2D eigenvalue weighted by molar-refractivity contribution is 5.85. The van der Waals surface area contributed by atoms with E-state index in [0.717, 1.165) is 16.8 Å². The zero-order chi connectivity index (χ0) is 14.4. The number of carbonyl (C=O) groups excluding carboxylic acids is 2. The molecule has 2 amide bonds. The van der Waals surface area contributed by atoms with Gasteiger partial charge in [0.2, 0.25) is 5.91 Å². The van der Waals surface area contributed by atoms with E-state index in [0.29, 0.717) is 6.54 Å². The summed E-state index contributed by atoms with van der Waals surface area (Å²) in [7, 11) is 1.25. The lowest BCUT2D eigenvalue weighted by molar-refractivity contribution is -0.122. The lowest BCUT2D eigenvalue weighted by Crippen LogP contribution is -2.44. The van der Waals surface area contributed by atoms with Crippen LogP contribution >= 0.6 is 0 Å². The SMILES string of the molecule is COC(=O)N[C@H](C)C(=O)NCc1cnc(C)cc1C. The molecule has 0 aliphatic heterocycles. The average molecular weight is 265 g/mol. The largest absolute Gasteiger partial charge is 0.453 e. The molecule has 1 aromatic rings. The maximum atomic E-state index is 11.7. The standard InChI is InChI=1S/C13H19N3O3/c1-8-5-9(2)14-6-11(8)7-15-12(17)10(3)16-13(18)19-4/h5-6,10H,7H2,1-4H3,(H,15,17)(H,16,18)/t10-/m1/s1. The molecule has 0 aromatic carbocycles. The number of methoxy groups -OCH3 is 1. The van der Waals surface area contributed by atoms with Crippen LogP contribution in [0.5, 0.6) is 0 Å². The summed E-state index contributed by atoms with van der Waals surface area (Å²) in [6, 6.07) is 1.31. The molecule has 1 heterocycles. The molecule has 19 heavy (non-hydrogen) atoms. The minimum atomic E-state index is -0.647. The molecule has 2 N–H and O–H groups in total. The highest BCUT2D eigenvalue weighted by Gasteiger charge is 2.15. The van der Waals surface area contributed by atoms with Crippen LogP contribution in [-0.2, 0) is 16.1 Å². The van der Waals surface area contributed by atoms with E-state index in [9.17, 15) is 9.59 Å². The van der Waals surface area contributed by atoms with Gasteiger partial charge in [0.05, 0.1) is 7.11 Å². The van der Waals surface area contributed by atoms with Gasteiger partial charge in [-0.05, 0) is 38.0 Å². The summed E-state index contributed by atoms with van der Waals surface area (Å²) in [6.45, 7) is 5.85. The summed E-state index contributed by atoms with van der Waals surface area (Å²) in [4.78, 5) is 26.9. The van der Waals surface area contributed by atoms with E-state index in [1.165, 1.54) is 7.11 Å². The Hall–Kier alpha value is -2.11. The third kappa shape index (κ3) is 4.57. The summed E-state index contributed by atoms with van der Waals surface area (Å²) in [5, 5.41) is 5.14. The number of amides is 2. The first-order chi connectivity index (χ1) is 8.93. The van der Waals surface area contributed by atoms with Gasteiger partial charge in [0.25, 0.3) is 0 Å². The van der Waals surface area contributed by atoms with Gasteiger partial charge in [0.1, 0.15) is 6.04 Å². The number of nitrogens with zero attached hydrogens (tertiary/aromatic N) is 1. The Balaban J connectivity index is 2.52. The molecule has 0 aliphatic rings. The Kier molecular flexibility index (Phi) is 5.29. The second-order valence-corrected chi connectivity index (χ2v) is 4.33. The number of pyridine rings is 1. The molecule has 1 rings (SSSR count). The summed E-state index contributed by atoms with van der Waals surface area (Å²) in [5.74, 6) is -0.273. The van der Waals surface area contributed by atoms with Crippen molar-refractivity contribution in [2.45, 2.75) is 33.4 Å². The third-order valence-electron chi connectivity index (χ3n) is 2.72. The van der Waals surface area contributed by atoms with Crippen LogP contribution in [0.15, 0.2) is 12.3 Å². The molecule has 1 aromatic heterocycles.